The van der Waals surface area contributed by atoms with Crippen LogP contribution in [0.25, 0.3) is 0 Å². The average molecular weight is 221 g/mol. The number of nitrogens with one attached hydrogen (secondary N) is 1. The van der Waals surface area contributed by atoms with Crippen molar-refractivity contribution >= 4 is 5.97 Å². The molecule has 0 bridgehead atoms. The topological polar surface area (TPSA) is 58.6 Å². The van der Waals surface area contributed by atoms with Gasteiger partial charge in [-0.15, -0.1) is 0 Å². The number of hydrogen-bond donors (Lipinski definition) is 2. The maximum absolute atomic E-state index is 11.2. The van der Waals surface area contributed by atoms with Crippen molar-refractivity contribution in [3.63, 3.8) is 0 Å². The van der Waals surface area contributed by atoms with E-state index in [-0.39, 0.29) is 6.04 Å². The van der Waals surface area contributed by atoms with Crippen LogP contribution in [0.2, 0.25) is 0 Å². The van der Waals surface area contributed by atoms with Gasteiger partial charge in [0.15, 0.2) is 0 Å². The molecular weight excluding hydrogens is 206 g/mol. The molecule has 4 heteroatoms. The molecule has 86 valence electrons. The fourth-order valence-corrected chi connectivity index (χ4v) is 2.12. The number of carboxylic acids is 1. The molecule has 16 heavy (non-hydrogen) atoms. The lowest BCUT2D eigenvalue weighted by Crippen LogP contribution is -2.41. The van der Waals surface area contributed by atoms with Crippen molar-refractivity contribution in [1.29, 1.82) is 0 Å². The third kappa shape index (κ3) is 1.88. The van der Waals surface area contributed by atoms with Crippen LogP contribution in [0.4, 0.5) is 0 Å². The van der Waals surface area contributed by atoms with E-state index in [0.29, 0.717) is 5.75 Å². The summed E-state index contributed by atoms with van der Waals surface area (Å²) in [5, 5.41) is 12.2. The van der Waals surface area contributed by atoms with Crippen LogP contribution in [-0.2, 0) is 11.2 Å². The summed E-state index contributed by atoms with van der Waals surface area (Å²) in [7, 11) is 1.58. The number of rotatable bonds is 2. The summed E-state index contributed by atoms with van der Waals surface area (Å²) in [6.45, 7) is 1.99. The Morgan fingerprint density at radius 1 is 1.56 bits per heavy atom. The molecule has 0 amide bonds. The highest BCUT2D eigenvalue weighted by Crippen LogP contribution is 2.29. The van der Waals surface area contributed by atoms with Gasteiger partial charge in [0.1, 0.15) is 11.8 Å². The van der Waals surface area contributed by atoms with Gasteiger partial charge in [0.05, 0.1) is 7.11 Å². The Morgan fingerprint density at radius 3 is 2.94 bits per heavy atom. The van der Waals surface area contributed by atoms with Gasteiger partial charge >= 0.3 is 5.97 Å². The molecule has 0 saturated heterocycles. The molecule has 0 fully saturated rings. The molecule has 1 heterocycles. The van der Waals surface area contributed by atoms with Crippen LogP contribution in [0.5, 0.6) is 5.75 Å². The summed E-state index contributed by atoms with van der Waals surface area (Å²) in [5.41, 5.74) is 1.89. The quantitative estimate of drug-likeness (QED) is 0.791. The maximum Gasteiger partial charge on any atom is 0.325 e. The number of ether oxygens (including phenoxy) is 1. The van der Waals surface area contributed by atoms with Crippen LogP contribution >= 0.6 is 0 Å². The number of carboxylic acid groups (broad SMARTS) is 1. The van der Waals surface area contributed by atoms with E-state index in [9.17, 15) is 4.79 Å². The first-order chi connectivity index (χ1) is 7.61. The number of aliphatic carboxylic acids is 1. The summed E-state index contributed by atoms with van der Waals surface area (Å²) >= 11 is 0. The van der Waals surface area contributed by atoms with E-state index >= 15 is 0 Å². The third-order valence-corrected chi connectivity index (χ3v) is 2.89. The molecule has 0 aliphatic carbocycles. The second-order valence-corrected chi connectivity index (χ2v) is 4.11. The van der Waals surface area contributed by atoms with Gasteiger partial charge < -0.3 is 9.84 Å². The predicted octanol–water partition coefficient (Wildman–Crippen LogP) is 1.36. The third-order valence-electron chi connectivity index (χ3n) is 2.89. The van der Waals surface area contributed by atoms with Crippen molar-refractivity contribution in [3.8, 4) is 5.75 Å². The van der Waals surface area contributed by atoms with E-state index in [0.717, 1.165) is 17.5 Å². The molecular formula is C12H15NO3. The van der Waals surface area contributed by atoms with Crippen LogP contribution in [0.15, 0.2) is 18.2 Å². The highest BCUT2D eigenvalue weighted by molar-refractivity contribution is 5.77. The van der Waals surface area contributed by atoms with Gasteiger partial charge in [0.2, 0.25) is 0 Å². The number of benzene rings is 1. The molecule has 0 radical (unpaired) electrons. The molecule has 2 N–H and O–H groups in total. The van der Waals surface area contributed by atoms with E-state index in [1.54, 1.807) is 13.2 Å². The van der Waals surface area contributed by atoms with Gasteiger partial charge in [-0.1, -0.05) is 6.07 Å². The normalized spacial score (nSPS) is 23.6. The minimum absolute atomic E-state index is 0.182. The van der Waals surface area contributed by atoms with E-state index in [1.807, 2.05) is 19.1 Å². The number of carbonyl (C=O) groups is 1. The first-order valence-electron chi connectivity index (χ1n) is 5.27. The lowest BCUT2D eigenvalue weighted by molar-refractivity contribution is -0.140. The van der Waals surface area contributed by atoms with Gasteiger partial charge in [-0.05, 0) is 36.6 Å². The Kier molecular flexibility index (Phi) is 2.83. The highest BCUT2D eigenvalue weighted by Gasteiger charge is 2.29. The number of methoxy groups -OCH3 is 1. The highest BCUT2D eigenvalue weighted by atomic mass is 16.5. The Morgan fingerprint density at radius 2 is 2.31 bits per heavy atom. The van der Waals surface area contributed by atoms with Crippen LogP contribution in [0.3, 0.4) is 0 Å². The van der Waals surface area contributed by atoms with E-state index in [1.165, 1.54) is 0 Å². The van der Waals surface area contributed by atoms with E-state index < -0.39 is 12.0 Å². The second-order valence-electron chi connectivity index (χ2n) is 4.11. The number of fused-ring (bicyclic) bond motifs is 1. The standard InChI is InChI=1S/C12H15NO3/c1-7-5-8-3-4-9(16-2)6-10(8)11(13-7)12(14)15/h3-4,6-7,11,13H,5H2,1-2H3,(H,14,15). The van der Waals surface area contributed by atoms with E-state index in [2.05, 4.69) is 5.32 Å². The fourth-order valence-electron chi connectivity index (χ4n) is 2.12. The first kappa shape index (κ1) is 11.0. The van der Waals surface area contributed by atoms with Crippen LogP contribution in [0, 0.1) is 0 Å². The summed E-state index contributed by atoms with van der Waals surface area (Å²) in [6.07, 6.45) is 0.850. The monoisotopic (exact) mass is 221 g/mol. The van der Waals surface area contributed by atoms with Crippen molar-refractivity contribution in [3.05, 3.63) is 29.3 Å². The zero-order valence-electron chi connectivity index (χ0n) is 9.36. The van der Waals surface area contributed by atoms with Gasteiger partial charge in [-0.3, -0.25) is 10.1 Å². The Hall–Kier alpha value is -1.55. The van der Waals surface area contributed by atoms with Crippen LogP contribution < -0.4 is 10.1 Å². The van der Waals surface area contributed by atoms with Gasteiger partial charge in [0, 0.05) is 6.04 Å². The molecule has 0 saturated carbocycles. The molecule has 1 aliphatic rings. The molecule has 4 nitrogen and oxygen atoms in total. The summed E-state index contributed by atoms with van der Waals surface area (Å²) in [5.74, 6) is -0.151. The van der Waals surface area contributed by atoms with Crippen molar-refractivity contribution in [2.45, 2.75) is 25.4 Å². The molecule has 2 rings (SSSR count). The Labute approximate surface area is 94.2 Å². The lowest BCUT2D eigenvalue weighted by Gasteiger charge is -2.29. The Bertz CT molecular complexity index is 417. The van der Waals surface area contributed by atoms with Gasteiger partial charge in [-0.2, -0.15) is 0 Å². The summed E-state index contributed by atoms with van der Waals surface area (Å²) in [4.78, 5) is 11.2. The minimum Gasteiger partial charge on any atom is -0.497 e. The molecule has 2 unspecified atom stereocenters. The van der Waals surface area contributed by atoms with E-state index in [4.69, 9.17) is 9.84 Å². The number of hydrogen-bond acceptors (Lipinski definition) is 3. The fraction of sp³-hybridized carbons (Fsp3) is 0.417. The van der Waals surface area contributed by atoms with Crippen LogP contribution in [-0.4, -0.2) is 24.2 Å². The zero-order chi connectivity index (χ0) is 11.7. The Balaban J connectivity index is 2.45. The lowest BCUT2D eigenvalue weighted by atomic mass is 9.90. The minimum atomic E-state index is -0.846. The first-order valence-corrected chi connectivity index (χ1v) is 5.27. The molecule has 1 aromatic carbocycles. The predicted molar refractivity (Wildman–Crippen MR) is 59.7 cm³/mol. The van der Waals surface area contributed by atoms with Crippen molar-refractivity contribution in [2.75, 3.05) is 7.11 Å². The second kappa shape index (κ2) is 4.14. The smallest absolute Gasteiger partial charge is 0.325 e. The average Bonchev–Trinajstić information content (AvgIpc) is 2.27. The van der Waals surface area contributed by atoms with Crippen LogP contribution in [0.1, 0.15) is 24.1 Å². The maximum atomic E-state index is 11.2. The SMILES string of the molecule is COc1ccc2c(c1)C(C(=O)O)NC(C)C2. The molecule has 0 aromatic heterocycles. The molecule has 0 spiro atoms. The van der Waals surface area contributed by atoms with Crippen molar-refractivity contribution in [1.82, 2.24) is 5.32 Å². The largest absolute Gasteiger partial charge is 0.497 e. The van der Waals surface area contributed by atoms with Crippen molar-refractivity contribution < 1.29 is 14.6 Å². The molecule has 1 aromatic rings. The molecule has 2 atom stereocenters. The van der Waals surface area contributed by atoms with Crippen molar-refractivity contribution in [2.24, 2.45) is 0 Å². The zero-order valence-corrected chi connectivity index (χ0v) is 9.36. The molecule has 1 aliphatic heterocycles. The summed E-state index contributed by atoms with van der Waals surface area (Å²) < 4.78 is 5.11. The van der Waals surface area contributed by atoms with Gasteiger partial charge in [-0.25, -0.2) is 0 Å². The summed E-state index contributed by atoms with van der Waals surface area (Å²) in [6, 6.07) is 5.17. The van der Waals surface area contributed by atoms with Gasteiger partial charge in [0.25, 0.3) is 0 Å².